The topological polar surface area (TPSA) is 87.4 Å². The number of nitrogens with zero attached hydrogens (tertiary/aromatic N) is 4. The number of carbonyl (C=O) groups is 1. The number of likely N-dealkylation sites (tertiary alicyclic amines) is 1. The van der Waals surface area contributed by atoms with Gasteiger partial charge in [-0.1, -0.05) is 30.7 Å². The minimum Gasteiger partial charge on any atom is -0.382 e. The fourth-order valence-corrected chi connectivity index (χ4v) is 5.25. The van der Waals surface area contributed by atoms with E-state index in [9.17, 15) is 4.79 Å². The second-order valence-electron chi connectivity index (χ2n) is 8.72. The molecule has 3 heterocycles. The zero-order valence-electron chi connectivity index (χ0n) is 16.9. The largest absolute Gasteiger partial charge is 0.382 e. The van der Waals surface area contributed by atoms with Gasteiger partial charge in [0.2, 0.25) is 5.91 Å². The number of amides is 1. The fourth-order valence-electron chi connectivity index (χ4n) is 5.25. The van der Waals surface area contributed by atoms with Gasteiger partial charge in [-0.2, -0.15) is 0 Å². The molecular weight excluding hydrogens is 364 g/mol. The quantitative estimate of drug-likeness (QED) is 0.832. The molecule has 0 spiro atoms. The maximum Gasteiger partial charge on any atom is 0.244 e. The Labute approximate surface area is 171 Å². The van der Waals surface area contributed by atoms with Crippen molar-refractivity contribution in [1.29, 1.82) is 0 Å². The summed E-state index contributed by atoms with van der Waals surface area (Å²) in [6.45, 7) is 6.19. The Bertz CT molecular complexity index is 933. The maximum absolute atomic E-state index is 12.2. The number of hydrogen-bond acceptors (Lipinski definition) is 6. The summed E-state index contributed by atoms with van der Waals surface area (Å²) in [5.41, 5.74) is 9.05. The number of anilines is 3. The van der Waals surface area contributed by atoms with Crippen LogP contribution in [0.3, 0.4) is 0 Å². The molecule has 2 atom stereocenters. The van der Waals surface area contributed by atoms with Crippen LogP contribution in [0.15, 0.2) is 24.3 Å². The van der Waals surface area contributed by atoms with E-state index >= 15 is 0 Å². The molecule has 1 aromatic heterocycles. The van der Waals surface area contributed by atoms with E-state index in [0.29, 0.717) is 29.7 Å². The van der Waals surface area contributed by atoms with Gasteiger partial charge in [-0.15, -0.1) is 0 Å². The molecule has 1 saturated heterocycles. The minimum atomic E-state index is -0.0867. The number of nitrogens with two attached hydrogens (primary N) is 1. The lowest BCUT2D eigenvalue weighted by atomic mass is 10.0. The highest BCUT2D eigenvalue weighted by molar-refractivity contribution is 6.02. The number of carbonyl (C=O) groups excluding carboxylic acids is 1. The molecule has 7 heteroatoms. The number of aryl methyl sites for hydroxylation is 1. The molecule has 2 fully saturated rings. The van der Waals surface area contributed by atoms with Gasteiger partial charge in [0.1, 0.15) is 11.5 Å². The summed E-state index contributed by atoms with van der Waals surface area (Å²) >= 11 is 0. The number of nitrogen functional groups attached to an aromatic ring is 1. The first-order valence-corrected chi connectivity index (χ1v) is 10.5. The normalized spacial score (nSPS) is 23.8. The average Bonchev–Trinajstić information content (AvgIpc) is 3.24. The highest BCUT2D eigenvalue weighted by Crippen LogP contribution is 2.38. The molecule has 152 valence electrons. The third-order valence-corrected chi connectivity index (χ3v) is 6.50. The molecule has 1 aromatic carbocycles. The second-order valence-corrected chi connectivity index (χ2v) is 8.72. The van der Waals surface area contributed by atoms with Gasteiger partial charge in [0.15, 0.2) is 11.6 Å². The molecule has 0 radical (unpaired) electrons. The summed E-state index contributed by atoms with van der Waals surface area (Å²) in [4.78, 5) is 25.5. The Morgan fingerprint density at radius 3 is 2.62 bits per heavy atom. The van der Waals surface area contributed by atoms with Gasteiger partial charge in [-0.25, -0.2) is 9.97 Å². The number of nitrogens with one attached hydrogen (secondary N) is 1. The standard InChI is InChI=1S/C22H28N6O/c1-14-24-21(23)20-22(25-14)28(13-19(29)26-20)10-16-5-2-4-15(8-16)9-27-11-17-6-3-7-18(17)12-27/h2,4-5,8,17-18H,3,6-7,9-13H2,1H3,(H,26,29)(H2,23,24,25). The number of aromatic nitrogens is 2. The van der Waals surface area contributed by atoms with E-state index < -0.39 is 0 Å². The minimum absolute atomic E-state index is 0.0867. The van der Waals surface area contributed by atoms with Gasteiger partial charge in [0.05, 0.1) is 6.54 Å². The highest BCUT2D eigenvalue weighted by atomic mass is 16.2. The van der Waals surface area contributed by atoms with E-state index in [-0.39, 0.29) is 12.5 Å². The van der Waals surface area contributed by atoms with Crippen LogP contribution in [0, 0.1) is 18.8 Å². The number of fused-ring (bicyclic) bond motifs is 2. The van der Waals surface area contributed by atoms with E-state index in [4.69, 9.17) is 5.73 Å². The van der Waals surface area contributed by atoms with E-state index in [1.807, 2.05) is 11.8 Å². The molecule has 3 N–H and O–H groups in total. The third-order valence-electron chi connectivity index (χ3n) is 6.50. The molecule has 2 unspecified atom stereocenters. The van der Waals surface area contributed by atoms with Crippen molar-refractivity contribution in [1.82, 2.24) is 14.9 Å². The van der Waals surface area contributed by atoms with Crippen LogP contribution in [-0.2, 0) is 17.9 Å². The van der Waals surface area contributed by atoms with Gasteiger partial charge in [0, 0.05) is 26.2 Å². The van der Waals surface area contributed by atoms with Crippen molar-refractivity contribution in [3.63, 3.8) is 0 Å². The summed E-state index contributed by atoms with van der Waals surface area (Å²) in [6.07, 6.45) is 4.22. The Hall–Kier alpha value is -2.67. The van der Waals surface area contributed by atoms with Gasteiger partial charge in [-0.3, -0.25) is 9.69 Å². The van der Waals surface area contributed by atoms with Gasteiger partial charge < -0.3 is 16.0 Å². The molecular formula is C22H28N6O. The zero-order valence-corrected chi connectivity index (χ0v) is 16.9. The first kappa shape index (κ1) is 18.4. The molecule has 1 amide bonds. The third kappa shape index (κ3) is 3.67. The monoisotopic (exact) mass is 392 g/mol. The van der Waals surface area contributed by atoms with Crippen LogP contribution in [0.5, 0.6) is 0 Å². The molecule has 2 aliphatic heterocycles. The summed E-state index contributed by atoms with van der Waals surface area (Å²) in [6, 6.07) is 8.70. The highest BCUT2D eigenvalue weighted by Gasteiger charge is 2.35. The molecule has 5 rings (SSSR count). The average molecular weight is 393 g/mol. The van der Waals surface area contributed by atoms with E-state index in [1.54, 1.807) is 0 Å². The van der Waals surface area contributed by atoms with Gasteiger partial charge in [0.25, 0.3) is 0 Å². The SMILES string of the molecule is Cc1nc(N)c2c(n1)N(Cc1cccc(CN3CC4CCCC4C3)c1)CC(=O)N2. The molecule has 7 nitrogen and oxygen atoms in total. The predicted molar refractivity (Wildman–Crippen MR) is 113 cm³/mol. The molecule has 1 aliphatic carbocycles. The van der Waals surface area contributed by atoms with E-state index in [2.05, 4.69) is 44.5 Å². The van der Waals surface area contributed by atoms with E-state index in [0.717, 1.165) is 18.4 Å². The van der Waals surface area contributed by atoms with Crippen molar-refractivity contribution >= 4 is 23.2 Å². The number of rotatable bonds is 4. The van der Waals surface area contributed by atoms with Crippen LogP contribution < -0.4 is 16.0 Å². The zero-order chi connectivity index (χ0) is 20.0. The van der Waals surface area contributed by atoms with E-state index in [1.165, 1.54) is 43.5 Å². The smallest absolute Gasteiger partial charge is 0.244 e. The van der Waals surface area contributed by atoms with Crippen LogP contribution in [0.25, 0.3) is 0 Å². The van der Waals surface area contributed by atoms with Crippen LogP contribution in [0.2, 0.25) is 0 Å². The summed E-state index contributed by atoms with van der Waals surface area (Å²) in [7, 11) is 0. The van der Waals surface area contributed by atoms with Crippen molar-refractivity contribution < 1.29 is 4.79 Å². The molecule has 1 saturated carbocycles. The Morgan fingerprint density at radius 2 is 1.86 bits per heavy atom. The lowest BCUT2D eigenvalue weighted by Gasteiger charge is -2.30. The second kappa shape index (κ2) is 7.30. The van der Waals surface area contributed by atoms with Crippen LogP contribution in [-0.4, -0.2) is 40.4 Å². The first-order valence-electron chi connectivity index (χ1n) is 10.5. The summed E-state index contributed by atoms with van der Waals surface area (Å²) in [5, 5.41) is 2.81. The fraction of sp³-hybridized carbons (Fsp3) is 0.500. The molecule has 3 aliphatic rings. The van der Waals surface area contributed by atoms with Crippen LogP contribution in [0.1, 0.15) is 36.2 Å². The maximum atomic E-state index is 12.2. The van der Waals surface area contributed by atoms with Gasteiger partial charge in [-0.05, 0) is 42.7 Å². The lowest BCUT2D eigenvalue weighted by Crippen LogP contribution is -2.39. The number of hydrogen-bond donors (Lipinski definition) is 2. The van der Waals surface area contributed by atoms with Crippen LogP contribution >= 0.6 is 0 Å². The van der Waals surface area contributed by atoms with Crippen molar-refractivity contribution in [2.24, 2.45) is 11.8 Å². The van der Waals surface area contributed by atoms with Crippen molar-refractivity contribution in [3.8, 4) is 0 Å². The van der Waals surface area contributed by atoms with Crippen molar-refractivity contribution in [3.05, 3.63) is 41.2 Å². The summed E-state index contributed by atoms with van der Waals surface area (Å²) < 4.78 is 0. The van der Waals surface area contributed by atoms with Crippen molar-refractivity contribution in [2.75, 3.05) is 35.6 Å². The number of benzene rings is 1. The molecule has 2 aromatic rings. The Kier molecular flexibility index (Phi) is 4.62. The van der Waals surface area contributed by atoms with Crippen LogP contribution in [0.4, 0.5) is 17.3 Å². The first-order chi connectivity index (χ1) is 14.0. The summed E-state index contributed by atoms with van der Waals surface area (Å²) in [5.74, 6) is 3.36. The Balaban J connectivity index is 1.33. The van der Waals surface area contributed by atoms with Gasteiger partial charge >= 0.3 is 0 Å². The lowest BCUT2D eigenvalue weighted by molar-refractivity contribution is -0.115. The molecule has 0 bridgehead atoms. The van der Waals surface area contributed by atoms with Crippen molar-refractivity contribution in [2.45, 2.75) is 39.3 Å². The predicted octanol–water partition coefficient (Wildman–Crippen LogP) is 2.56. The Morgan fingerprint density at radius 1 is 1.14 bits per heavy atom. The molecule has 29 heavy (non-hydrogen) atoms.